The maximum atomic E-state index is 11.9. The number of rotatable bonds is 5. The first-order chi connectivity index (χ1) is 8.15. The lowest BCUT2D eigenvalue weighted by molar-refractivity contribution is -0.136. The average Bonchev–Trinajstić information content (AvgIpc) is 2.30. The third-order valence-electron chi connectivity index (χ3n) is 2.37. The van der Waals surface area contributed by atoms with Crippen molar-refractivity contribution in [2.45, 2.75) is 27.2 Å². The Morgan fingerprint density at radius 1 is 1.29 bits per heavy atom. The molecule has 0 atom stereocenters. The summed E-state index contributed by atoms with van der Waals surface area (Å²) in [5, 5.41) is 0. The Bertz CT molecular complexity index is 377. The number of ether oxygens (including phenoxy) is 1. The number of benzene rings is 1. The van der Waals surface area contributed by atoms with Crippen LogP contribution in [0.25, 0.3) is 5.57 Å². The van der Waals surface area contributed by atoms with Gasteiger partial charge < -0.3 is 4.74 Å². The van der Waals surface area contributed by atoms with E-state index >= 15 is 0 Å². The van der Waals surface area contributed by atoms with Crippen LogP contribution < -0.4 is 0 Å². The predicted molar refractivity (Wildman–Crippen MR) is 70.5 cm³/mol. The lowest BCUT2D eigenvalue weighted by Gasteiger charge is -2.08. The molecule has 1 rings (SSSR count). The van der Waals surface area contributed by atoms with Crippen molar-refractivity contribution in [3.63, 3.8) is 0 Å². The zero-order valence-electron chi connectivity index (χ0n) is 10.8. The van der Waals surface area contributed by atoms with E-state index in [0.29, 0.717) is 18.1 Å². The maximum Gasteiger partial charge on any atom is 0.338 e. The van der Waals surface area contributed by atoms with E-state index in [1.807, 2.05) is 43.3 Å². The van der Waals surface area contributed by atoms with Crippen LogP contribution in [0.4, 0.5) is 0 Å². The Kier molecular flexibility index (Phi) is 5.47. The molecule has 0 unspecified atom stereocenters. The van der Waals surface area contributed by atoms with Gasteiger partial charge in [0, 0.05) is 0 Å². The summed E-state index contributed by atoms with van der Waals surface area (Å²) in [5.74, 6) is 0.294. The molecule has 0 aliphatic carbocycles. The quantitative estimate of drug-likeness (QED) is 0.572. The van der Waals surface area contributed by atoms with Gasteiger partial charge in [0.25, 0.3) is 0 Å². The smallest absolute Gasteiger partial charge is 0.338 e. The van der Waals surface area contributed by atoms with Gasteiger partial charge in [0.1, 0.15) is 0 Å². The van der Waals surface area contributed by atoms with Crippen molar-refractivity contribution in [2.24, 2.45) is 5.92 Å². The van der Waals surface area contributed by atoms with Gasteiger partial charge in [-0.2, -0.15) is 0 Å². The number of hydrogen-bond donors (Lipinski definition) is 0. The van der Waals surface area contributed by atoms with Crippen LogP contribution >= 0.6 is 0 Å². The molecule has 2 nitrogen and oxygen atoms in total. The first kappa shape index (κ1) is 13.5. The standard InChI is InChI=1S/C15H20O2/c1-4-17-15(16)14(11-10-12(2)3)13-8-6-5-7-9-13/h5-9,11-12H,4,10H2,1-3H3/b14-11+. The molecule has 0 N–H and O–H groups in total. The summed E-state index contributed by atoms with van der Waals surface area (Å²) in [6.45, 7) is 6.49. The van der Waals surface area contributed by atoms with Crippen molar-refractivity contribution in [3.05, 3.63) is 42.0 Å². The second-order valence-electron chi connectivity index (χ2n) is 4.33. The molecule has 17 heavy (non-hydrogen) atoms. The molecule has 0 aliphatic rings. The highest BCUT2D eigenvalue weighted by molar-refractivity contribution is 6.16. The van der Waals surface area contributed by atoms with Gasteiger partial charge in [-0.1, -0.05) is 50.3 Å². The third kappa shape index (κ3) is 4.43. The van der Waals surface area contributed by atoms with Crippen molar-refractivity contribution in [1.29, 1.82) is 0 Å². The summed E-state index contributed by atoms with van der Waals surface area (Å²) >= 11 is 0. The first-order valence-electron chi connectivity index (χ1n) is 6.07. The van der Waals surface area contributed by atoms with Crippen LogP contribution in [0.3, 0.4) is 0 Å². The van der Waals surface area contributed by atoms with E-state index in [9.17, 15) is 4.79 Å². The zero-order valence-corrected chi connectivity index (χ0v) is 10.8. The maximum absolute atomic E-state index is 11.9. The molecule has 2 heteroatoms. The minimum atomic E-state index is -0.237. The third-order valence-corrected chi connectivity index (χ3v) is 2.37. The molecule has 0 bridgehead atoms. The van der Waals surface area contributed by atoms with E-state index in [1.54, 1.807) is 0 Å². The van der Waals surface area contributed by atoms with Gasteiger partial charge in [-0.05, 0) is 24.8 Å². The van der Waals surface area contributed by atoms with Crippen LogP contribution in [0.5, 0.6) is 0 Å². The summed E-state index contributed by atoms with van der Waals surface area (Å²) < 4.78 is 5.08. The Morgan fingerprint density at radius 2 is 1.94 bits per heavy atom. The highest BCUT2D eigenvalue weighted by atomic mass is 16.5. The van der Waals surface area contributed by atoms with Crippen molar-refractivity contribution in [3.8, 4) is 0 Å². The molecule has 0 saturated heterocycles. The van der Waals surface area contributed by atoms with Gasteiger partial charge in [-0.15, -0.1) is 0 Å². The molecule has 0 radical (unpaired) electrons. The molecule has 0 saturated carbocycles. The predicted octanol–water partition coefficient (Wildman–Crippen LogP) is 3.68. The Balaban J connectivity index is 2.94. The molecule has 0 spiro atoms. The molecule has 1 aromatic rings. The summed E-state index contributed by atoms with van der Waals surface area (Å²) in [7, 11) is 0. The fraction of sp³-hybridized carbons (Fsp3) is 0.400. The van der Waals surface area contributed by atoms with E-state index in [-0.39, 0.29) is 5.97 Å². The molecule has 92 valence electrons. The average molecular weight is 232 g/mol. The van der Waals surface area contributed by atoms with Crippen molar-refractivity contribution < 1.29 is 9.53 Å². The van der Waals surface area contributed by atoms with Crippen LogP contribution in [0.2, 0.25) is 0 Å². The van der Waals surface area contributed by atoms with Crippen molar-refractivity contribution in [2.75, 3.05) is 6.61 Å². The fourth-order valence-corrected chi connectivity index (χ4v) is 1.50. The van der Waals surface area contributed by atoms with Gasteiger partial charge >= 0.3 is 5.97 Å². The Labute approximate surface area is 103 Å². The number of hydrogen-bond acceptors (Lipinski definition) is 2. The zero-order chi connectivity index (χ0) is 12.7. The topological polar surface area (TPSA) is 26.3 Å². The van der Waals surface area contributed by atoms with Gasteiger partial charge in [-0.3, -0.25) is 0 Å². The van der Waals surface area contributed by atoms with Crippen molar-refractivity contribution in [1.82, 2.24) is 0 Å². The lowest BCUT2D eigenvalue weighted by Crippen LogP contribution is -2.07. The monoisotopic (exact) mass is 232 g/mol. The molecular formula is C15H20O2. The van der Waals surface area contributed by atoms with E-state index in [0.717, 1.165) is 12.0 Å². The van der Waals surface area contributed by atoms with Crippen molar-refractivity contribution >= 4 is 11.5 Å². The van der Waals surface area contributed by atoms with Gasteiger partial charge in [0.2, 0.25) is 0 Å². The molecule has 0 aliphatic heterocycles. The number of carbonyl (C=O) groups excluding carboxylic acids is 1. The van der Waals surface area contributed by atoms with Gasteiger partial charge in [0.15, 0.2) is 0 Å². The Morgan fingerprint density at radius 3 is 2.47 bits per heavy atom. The van der Waals surface area contributed by atoms with Crippen LogP contribution in [-0.4, -0.2) is 12.6 Å². The summed E-state index contributed by atoms with van der Waals surface area (Å²) in [5.41, 5.74) is 1.59. The molecule has 0 aromatic heterocycles. The van der Waals surface area contributed by atoms with Crippen LogP contribution in [0, 0.1) is 5.92 Å². The van der Waals surface area contributed by atoms with Gasteiger partial charge in [0.05, 0.1) is 12.2 Å². The van der Waals surface area contributed by atoms with Gasteiger partial charge in [-0.25, -0.2) is 4.79 Å². The molecule has 0 heterocycles. The van der Waals surface area contributed by atoms with Crippen LogP contribution in [-0.2, 0) is 9.53 Å². The first-order valence-corrected chi connectivity index (χ1v) is 6.07. The summed E-state index contributed by atoms with van der Waals surface area (Å²) in [4.78, 5) is 11.9. The SMILES string of the molecule is CCOC(=O)/C(=C/CC(C)C)c1ccccc1. The summed E-state index contributed by atoms with van der Waals surface area (Å²) in [6, 6.07) is 9.66. The normalized spacial score (nSPS) is 11.6. The summed E-state index contributed by atoms with van der Waals surface area (Å²) in [6.07, 6.45) is 2.85. The molecular weight excluding hydrogens is 212 g/mol. The lowest BCUT2D eigenvalue weighted by atomic mass is 10.0. The van der Waals surface area contributed by atoms with E-state index in [1.165, 1.54) is 0 Å². The highest BCUT2D eigenvalue weighted by Gasteiger charge is 2.12. The van der Waals surface area contributed by atoms with E-state index in [2.05, 4.69) is 13.8 Å². The van der Waals surface area contributed by atoms with E-state index < -0.39 is 0 Å². The fourth-order valence-electron chi connectivity index (χ4n) is 1.50. The van der Waals surface area contributed by atoms with Crippen LogP contribution in [0.1, 0.15) is 32.8 Å². The second-order valence-corrected chi connectivity index (χ2v) is 4.33. The largest absolute Gasteiger partial charge is 0.462 e. The number of carbonyl (C=O) groups is 1. The number of allylic oxidation sites excluding steroid dienone is 1. The minimum Gasteiger partial charge on any atom is -0.462 e. The molecule has 0 amide bonds. The second kappa shape index (κ2) is 6.89. The number of esters is 1. The Hall–Kier alpha value is -1.57. The minimum absolute atomic E-state index is 0.237. The molecule has 1 aromatic carbocycles. The van der Waals surface area contributed by atoms with Crippen LogP contribution in [0.15, 0.2) is 36.4 Å². The molecule has 0 fully saturated rings. The van der Waals surface area contributed by atoms with E-state index in [4.69, 9.17) is 4.74 Å². The highest BCUT2D eigenvalue weighted by Crippen LogP contribution is 2.18.